The number of halogens is 3. The molecule has 0 aromatic heterocycles. The summed E-state index contributed by atoms with van der Waals surface area (Å²) in [5.41, 5.74) is 9.97. The molecule has 0 fully saturated rings. The highest BCUT2D eigenvalue weighted by atomic mass is 19.4. The number of benzene rings is 3. The summed E-state index contributed by atoms with van der Waals surface area (Å²) >= 11 is 0. The summed E-state index contributed by atoms with van der Waals surface area (Å²) in [6.07, 6.45) is -5.55. The number of carbonyl (C=O) groups is 3. The average molecular weight is 627 g/mol. The number of anilines is 1. The van der Waals surface area contributed by atoms with Gasteiger partial charge in [-0.2, -0.15) is 18.4 Å². The second-order valence-corrected chi connectivity index (χ2v) is 9.50. The van der Waals surface area contributed by atoms with Crippen molar-refractivity contribution in [3.63, 3.8) is 0 Å². The monoisotopic (exact) mass is 626 g/mol. The van der Waals surface area contributed by atoms with Crippen LogP contribution < -0.4 is 36.1 Å². The van der Waals surface area contributed by atoms with Crippen molar-refractivity contribution in [1.29, 1.82) is 10.7 Å². The quantitative estimate of drug-likeness (QED) is 0.0686. The summed E-state index contributed by atoms with van der Waals surface area (Å²) in [6.45, 7) is 5.60. The number of nitrogens with zero attached hydrogens (tertiary/aromatic N) is 1. The lowest BCUT2D eigenvalue weighted by Gasteiger charge is -2.23. The Balaban J connectivity index is 2.02. The number of amidine groups is 1. The highest BCUT2D eigenvalue weighted by molar-refractivity contribution is 6.00. The zero-order valence-electron chi connectivity index (χ0n) is 24.2. The van der Waals surface area contributed by atoms with Gasteiger partial charge in [-0.25, -0.2) is 4.79 Å². The minimum atomic E-state index is -5.34. The molecule has 3 aromatic rings. The van der Waals surface area contributed by atoms with Crippen molar-refractivity contribution in [1.82, 2.24) is 10.9 Å². The topological polar surface area (TPSA) is 189 Å². The number of hydrogen-bond donors (Lipinski definition) is 5. The molecule has 236 valence electrons. The maximum Gasteiger partial charge on any atom is 0.491 e. The molecule has 15 heteroatoms. The molecule has 45 heavy (non-hydrogen) atoms. The molecule has 1 unspecified atom stereocenters. The largest absolute Gasteiger partial charge is 0.491 e. The van der Waals surface area contributed by atoms with Crippen molar-refractivity contribution in [3.05, 3.63) is 82.9 Å². The summed E-state index contributed by atoms with van der Waals surface area (Å²) in [7, 11) is 0. The first-order chi connectivity index (χ1) is 21.2. The highest BCUT2D eigenvalue weighted by Gasteiger charge is 2.42. The van der Waals surface area contributed by atoms with Gasteiger partial charge in [-0.3, -0.25) is 25.8 Å². The molecule has 0 saturated carbocycles. The number of nitriles is 1. The molecule has 0 aliphatic rings. The van der Waals surface area contributed by atoms with Gasteiger partial charge in [0.2, 0.25) is 0 Å². The van der Waals surface area contributed by atoms with Crippen LogP contribution in [-0.4, -0.2) is 42.5 Å². The second-order valence-electron chi connectivity index (χ2n) is 9.50. The van der Waals surface area contributed by atoms with E-state index in [0.29, 0.717) is 5.75 Å². The van der Waals surface area contributed by atoms with E-state index in [1.807, 2.05) is 19.9 Å². The maximum atomic E-state index is 13.5. The van der Waals surface area contributed by atoms with Crippen molar-refractivity contribution < 1.29 is 41.8 Å². The predicted octanol–water partition coefficient (Wildman–Crippen LogP) is 4.11. The van der Waals surface area contributed by atoms with Crippen molar-refractivity contribution in [2.75, 3.05) is 11.9 Å². The number of esters is 1. The first-order valence-electron chi connectivity index (χ1n) is 13.3. The van der Waals surface area contributed by atoms with Crippen LogP contribution in [0.25, 0.3) is 0 Å². The molecule has 0 aliphatic heterocycles. The van der Waals surface area contributed by atoms with Gasteiger partial charge in [-0.05, 0) is 62.7 Å². The SMILES string of the molecule is CCOc1cc(C(Nc2ccc(C(=N)N)c(OC(=O)C(F)(F)F)c2)C(=O)NNC(=O)c2ccccc2C#N)ccc1OC(C)C. The number of nitrogens with two attached hydrogens (primary N) is 1. The molecule has 0 aliphatic carbocycles. The molecule has 0 spiro atoms. The zero-order chi connectivity index (χ0) is 33.3. The Hall–Kier alpha value is -5.78. The normalized spacial score (nSPS) is 11.5. The number of hydrogen-bond acceptors (Lipinski definition) is 9. The third kappa shape index (κ3) is 8.86. The summed E-state index contributed by atoms with van der Waals surface area (Å²) in [6, 6.07) is 14.4. The molecule has 3 aromatic carbocycles. The maximum absolute atomic E-state index is 13.5. The Morgan fingerprint density at radius 3 is 2.31 bits per heavy atom. The third-order valence-electron chi connectivity index (χ3n) is 5.83. The fraction of sp³-hybridized carbons (Fsp3) is 0.233. The number of alkyl halides is 3. The van der Waals surface area contributed by atoms with Crippen LogP contribution in [0.3, 0.4) is 0 Å². The number of nitrogen functional groups attached to an aromatic ring is 1. The van der Waals surface area contributed by atoms with Gasteiger partial charge in [0.25, 0.3) is 11.8 Å². The van der Waals surface area contributed by atoms with E-state index < -0.39 is 41.6 Å². The van der Waals surface area contributed by atoms with Crippen molar-refractivity contribution >= 4 is 29.3 Å². The fourth-order valence-electron chi connectivity index (χ4n) is 3.90. The lowest BCUT2D eigenvalue weighted by Crippen LogP contribution is -2.45. The van der Waals surface area contributed by atoms with Crippen LogP contribution in [0.5, 0.6) is 17.2 Å². The van der Waals surface area contributed by atoms with E-state index in [9.17, 15) is 32.8 Å². The van der Waals surface area contributed by atoms with Crippen LogP contribution in [-0.2, 0) is 9.59 Å². The van der Waals surface area contributed by atoms with E-state index in [1.54, 1.807) is 19.1 Å². The van der Waals surface area contributed by atoms with E-state index in [-0.39, 0.29) is 46.4 Å². The number of nitrogens with one attached hydrogen (secondary N) is 4. The molecule has 12 nitrogen and oxygen atoms in total. The molecule has 1 atom stereocenters. The molecular formula is C30H29F3N6O6. The minimum Gasteiger partial charge on any atom is -0.490 e. The number of rotatable bonds is 11. The molecular weight excluding hydrogens is 597 g/mol. The van der Waals surface area contributed by atoms with E-state index in [4.69, 9.17) is 20.6 Å². The second kappa shape index (κ2) is 14.6. The van der Waals surface area contributed by atoms with Gasteiger partial charge in [-0.15, -0.1) is 0 Å². The van der Waals surface area contributed by atoms with Crippen molar-refractivity contribution in [2.45, 2.75) is 39.1 Å². The van der Waals surface area contributed by atoms with E-state index in [1.165, 1.54) is 36.4 Å². The molecule has 0 bridgehead atoms. The number of amides is 2. The molecule has 6 N–H and O–H groups in total. The van der Waals surface area contributed by atoms with E-state index in [2.05, 4.69) is 20.9 Å². The zero-order valence-corrected chi connectivity index (χ0v) is 24.2. The van der Waals surface area contributed by atoms with Gasteiger partial charge in [0.15, 0.2) is 11.5 Å². The summed E-state index contributed by atoms with van der Waals surface area (Å²) in [5.74, 6) is -4.89. The number of carbonyl (C=O) groups excluding carboxylic acids is 3. The first-order valence-corrected chi connectivity index (χ1v) is 13.3. The fourth-order valence-corrected chi connectivity index (χ4v) is 3.90. The first kappa shape index (κ1) is 33.7. The third-order valence-corrected chi connectivity index (χ3v) is 5.83. The number of ether oxygens (including phenoxy) is 3. The van der Waals surface area contributed by atoms with Crippen LogP contribution in [0.1, 0.15) is 53.9 Å². The predicted molar refractivity (Wildman–Crippen MR) is 156 cm³/mol. The van der Waals surface area contributed by atoms with Crippen molar-refractivity contribution in [3.8, 4) is 23.3 Å². The van der Waals surface area contributed by atoms with Gasteiger partial charge in [0.05, 0.1) is 35.5 Å². The lowest BCUT2D eigenvalue weighted by atomic mass is 10.0. The minimum absolute atomic E-state index is 0.00503. The van der Waals surface area contributed by atoms with Crippen molar-refractivity contribution in [2.24, 2.45) is 5.73 Å². The Kier molecular flexibility index (Phi) is 10.9. The van der Waals surface area contributed by atoms with Crippen LogP contribution in [0.2, 0.25) is 0 Å². The van der Waals surface area contributed by atoms with Gasteiger partial charge in [-0.1, -0.05) is 18.2 Å². The summed E-state index contributed by atoms with van der Waals surface area (Å²) in [5, 5.41) is 19.8. The van der Waals surface area contributed by atoms with Crippen LogP contribution >= 0.6 is 0 Å². The molecule has 0 heterocycles. The van der Waals surface area contributed by atoms with Gasteiger partial charge in [0, 0.05) is 11.8 Å². The van der Waals surface area contributed by atoms with E-state index in [0.717, 1.165) is 12.1 Å². The van der Waals surface area contributed by atoms with Crippen LogP contribution in [0, 0.1) is 16.7 Å². The highest BCUT2D eigenvalue weighted by Crippen LogP contribution is 2.34. The lowest BCUT2D eigenvalue weighted by molar-refractivity contribution is -0.189. The summed E-state index contributed by atoms with van der Waals surface area (Å²) in [4.78, 5) is 37.8. The van der Waals surface area contributed by atoms with E-state index >= 15 is 0 Å². The Bertz CT molecular complexity index is 1640. The molecule has 3 rings (SSSR count). The van der Waals surface area contributed by atoms with Gasteiger partial charge >= 0.3 is 12.1 Å². The van der Waals surface area contributed by atoms with Gasteiger partial charge in [0.1, 0.15) is 17.6 Å². The van der Waals surface area contributed by atoms with Crippen LogP contribution in [0.4, 0.5) is 18.9 Å². The Morgan fingerprint density at radius 2 is 1.69 bits per heavy atom. The number of hydrazine groups is 1. The Labute approximate surface area is 255 Å². The van der Waals surface area contributed by atoms with Crippen LogP contribution in [0.15, 0.2) is 60.7 Å². The standard InChI is InChI=1S/C30H29F3N6O6/c1-4-43-24-13-17(9-12-22(24)44-16(2)3)25(28(41)39-38-27(40)20-8-6-5-7-18(20)15-34)37-19-10-11-21(26(35)36)23(14-19)45-29(42)30(31,32)33/h5-14,16,25,37H,4H2,1-3H3,(H3,35,36)(H,38,40)(H,39,41). The molecule has 2 amide bonds. The smallest absolute Gasteiger partial charge is 0.490 e. The Morgan fingerprint density at radius 1 is 0.978 bits per heavy atom. The van der Waals surface area contributed by atoms with Gasteiger partial charge < -0.3 is 25.3 Å². The molecule has 0 saturated heterocycles. The average Bonchev–Trinajstić information content (AvgIpc) is 2.98. The molecule has 0 radical (unpaired) electrons. The summed E-state index contributed by atoms with van der Waals surface area (Å²) < 4.78 is 54.7.